The van der Waals surface area contributed by atoms with Gasteiger partial charge in [0, 0.05) is 11.2 Å². The van der Waals surface area contributed by atoms with Gasteiger partial charge in [-0.25, -0.2) is 0 Å². The van der Waals surface area contributed by atoms with Crippen molar-refractivity contribution < 1.29 is 10.0 Å². The Labute approximate surface area is 134 Å². The van der Waals surface area contributed by atoms with Gasteiger partial charge in [-0.05, 0) is 30.3 Å². The molecule has 3 aromatic carbocycles. The third kappa shape index (κ3) is 2.27. The van der Waals surface area contributed by atoms with E-state index in [4.69, 9.17) is 0 Å². The molecule has 4 rings (SSSR count). The van der Waals surface area contributed by atoms with Crippen LogP contribution in [-0.2, 0) is 0 Å². The topological polar surface area (TPSA) is 55.7 Å². The number of rotatable bonds is 2. The highest BCUT2D eigenvalue weighted by Crippen LogP contribution is 2.46. The van der Waals surface area contributed by atoms with Gasteiger partial charge in [0.25, 0.3) is 0 Å². The van der Waals surface area contributed by atoms with Gasteiger partial charge in [0.05, 0.1) is 22.7 Å². The molecular formula is C18H15BN2O2. The quantitative estimate of drug-likeness (QED) is 0.498. The fourth-order valence-electron chi connectivity index (χ4n) is 2.99. The summed E-state index contributed by atoms with van der Waals surface area (Å²) in [5, 5.41) is 22.7. The monoisotopic (exact) mass is 302 g/mol. The van der Waals surface area contributed by atoms with Crippen molar-refractivity contribution in [1.82, 2.24) is 0 Å². The van der Waals surface area contributed by atoms with Gasteiger partial charge in [-0.1, -0.05) is 42.5 Å². The maximum atomic E-state index is 9.68. The van der Waals surface area contributed by atoms with Gasteiger partial charge >= 0.3 is 7.12 Å². The van der Waals surface area contributed by atoms with Crippen LogP contribution in [0.3, 0.4) is 0 Å². The Morgan fingerprint density at radius 3 is 2.22 bits per heavy atom. The molecule has 0 radical (unpaired) electrons. The van der Waals surface area contributed by atoms with Crippen LogP contribution in [0.1, 0.15) is 0 Å². The van der Waals surface area contributed by atoms with E-state index in [-0.39, 0.29) is 0 Å². The van der Waals surface area contributed by atoms with Crippen molar-refractivity contribution in [2.45, 2.75) is 0 Å². The van der Waals surface area contributed by atoms with Gasteiger partial charge in [-0.3, -0.25) is 0 Å². The Balaban J connectivity index is 1.98. The maximum absolute atomic E-state index is 9.68. The summed E-state index contributed by atoms with van der Waals surface area (Å²) in [5.74, 6) is 0. The molecule has 3 aromatic rings. The molecule has 5 heteroatoms. The fourth-order valence-corrected chi connectivity index (χ4v) is 2.99. The van der Waals surface area contributed by atoms with Crippen molar-refractivity contribution in [3.05, 3.63) is 72.8 Å². The number of nitrogens with one attached hydrogen (secondary N) is 1. The molecule has 0 atom stereocenters. The molecule has 0 unspecified atom stereocenters. The predicted molar refractivity (Wildman–Crippen MR) is 94.2 cm³/mol. The van der Waals surface area contributed by atoms with E-state index in [2.05, 4.69) is 10.2 Å². The second-order valence-corrected chi connectivity index (χ2v) is 5.43. The standard InChI is InChI=1S/C18H15BN2O2/c22-19(23)14-9-6-12-17-18(14)20-15-10-4-5-11-16(15)21(17)13-7-2-1-3-8-13/h1-12,20,22-23H. The Bertz CT molecular complexity index is 853. The van der Waals surface area contributed by atoms with Crippen LogP contribution in [-0.4, -0.2) is 17.2 Å². The van der Waals surface area contributed by atoms with Gasteiger partial charge in [0.1, 0.15) is 0 Å². The van der Waals surface area contributed by atoms with Gasteiger partial charge in [0.2, 0.25) is 0 Å². The average molecular weight is 302 g/mol. The normalized spacial score (nSPS) is 12.2. The van der Waals surface area contributed by atoms with Crippen LogP contribution in [0.5, 0.6) is 0 Å². The van der Waals surface area contributed by atoms with Crippen molar-refractivity contribution in [3.63, 3.8) is 0 Å². The molecule has 4 nitrogen and oxygen atoms in total. The Morgan fingerprint density at radius 2 is 1.43 bits per heavy atom. The lowest BCUT2D eigenvalue weighted by Gasteiger charge is -2.35. The third-order valence-corrected chi connectivity index (χ3v) is 4.01. The van der Waals surface area contributed by atoms with Crippen molar-refractivity contribution in [1.29, 1.82) is 0 Å². The number of hydrogen-bond donors (Lipinski definition) is 3. The first-order chi connectivity index (χ1) is 11.3. The molecule has 0 saturated carbocycles. The van der Waals surface area contributed by atoms with Crippen LogP contribution in [0.15, 0.2) is 72.8 Å². The van der Waals surface area contributed by atoms with Gasteiger partial charge in [-0.15, -0.1) is 0 Å². The maximum Gasteiger partial charge on any atom is 0.490 e. The molecule has 1 aliphatic heterocycles. The van der Waals surface area contributed by atoms with E-state index < -0.39 is 7.12 Å². The van der Waals surface area contributed by atoms with E-state index in [1.165, 1.54) is 0 Å². The summed E-state index contributed by atoms with van der Waals surface area (Å²) in [7, 11) is -1.53. The van der Waals surface area contributed by atoms with E-state index in [0.29, 0.717) is 11.2 Å². The Kier molecular flexibility index (Phi) is 3.30. The molecule has 0 spiro atoms. The zero-order valence-corrected chi connectivity index (χ0v) is 12.3. The van der Waals surface area contributed by atoms with Gasteiger partial charge < -0.3 is 20.3 Å². The Hall–Kier alpha value is -2.76. The lowest BCUT2D eigenvalue weighted by atomic mass is 9.78. The first-order valence-electron chi connectivity index (χ1n) is 7.46. The second-order valence-electron chi connectivity index (χ2n) is 5.43. The van der Waals surface area contributed by atoms with Crippen LogP contribution in [0.4, 0.5) is 28.4 Å². The highest BCUT2D eigenvalue weighted by atomic mass is 16.4. The SMILES string of the molecule is OB(O)c1cccc2c1Nc1ccccc1N2c1ccccc1. The third-order valence-electron chi connectivity index (χ3n) is 4.01. The molecule has 0 aromatic heterocycles. The molecule has 1 aliphatic rings. The number of hydrogen-bond acceptors (Lipinski definition) is 4. The average Bonchev–Trinajstić information content (AvgIpc) is 2.59. The van der Waals surface area contributed by atoms with Crippen LogP contribution in [0.25, 0.3) is 0 Å². The number of para-hydroxylation sites is 4. The molecule has 0 saturated heterocycles. The van der Waals surface area contributed by atoms with Crippen molar-refractivity contribution in [3.8, 4) is 0 Å². The minimum atomic E-state index is -1.53. The summed E-state index contributed by atoms with van der Waals surface area (Å²) >= 11 is 0. The summed E-state index contributed by atoms with van der Waals surface area (Å²) < 4.78 is 0. The first kappa shape index (κ1) is 13.9. The number of nitrogens with zero attached hydrogens (tertiary/aromatic N) is 1. The molecular weight excluding hydrogens is 287 g/mol. The number of benzene rings is 3. The molecule has 0 bridgehead atoms. The number of anilines is 5. The zero-order valence-electron chi connectivity index (χ0n) is 12.3. The highest BCUT2D eigenvalue weighted by molar-refractivity contribution is 6.61. The summed E-state index contributed by atoms with van der Waals surface area (Å²) in [5.41, 5.74) is 5.03. The molecule has 1 heterocycles. The van der Waals surface area contributed by atoms with E-state index in [1.807, 2.05) is 66.7 Å². The summed E-state index contributed by atoms with van der Waals surface area (Å²) in [6.45, 7) is 0. The summed E-state index contributed by atoms with van der Waals surface area (Å²) in [6, 6.07) is 23.5. The largest absolute Gasteiger partial charge is 0.490 e. The minimum Gasteiger partial charge on any atom is -0.423 e. The van der Waals surface area contributed by atoms with Crippen LogP contribution >= 0.6 is 0 Å². The highest BCUT2D eigenvalue weighted by Gasteiger charge is 2.28. The summed E-state index contributed by atoms with van der Waals surface area (Å²) in [6.07, 6.45) is 0. The van der Waals surface area contributed by atoms with Crippen LogP contribution in [0.2, 0.25) is 0 Å². The minimum absolute atomic E-state index is 0.456. The molecule has 0 amide bonds. The number of fused-ring (bicyclic) bond motifs is 2. The van der Waals surface area contributed by atoms with E-state index in [0.717, 1.165) is 22.7 Å². The molecule has 112 valence electrons. The van der Waals surface area contributed by atoms with Crippen LogP contribution in [0, 0.1) is 0 Å². The lowest BCUT2D eigenvalue weighted by Crippen LogP contribution is -2.34. The summed E-state index contributed by atoms with van der Waals surface area (Å²) in [4.78, 5) is 2.12. The van der Waals surface area contributed by atoms with Gasteiger partial charge in [0.15, 0.2) is 0 Å². The Morgan fingerprint density at radius 1 is 0.739 bits per heavy atom. The molecule has 0 aliphatic carbocycles. The first-order valence-corrected chi connectivity index (χ1v) is 7.46. The van der Waals surface area contributed by atoms with Gasteiger partial charge in [-0.2, -0.15) is 0 Å². The van der Waals surface area contributed by atoms with E-state index >= 15 is 0 Å². The van der Waals surface area contributed by atoms with E-state index in [1.54, 1.807) is 6.07 Å². The predicted octanol–water partition coefficient (Wildman–Crippen LogP) is 2.89. The van der Waals surface area contributed by atoms with Crippen molar-refractivity contribution in [2.24, 2.45) is 0 Å². The van der Waals surface area contributed by atoms with Crippen LogP contribution < -0.4 is 15.7 Å². The fraction of sp³-hybridized carbons (Fsp3) is 0. The van der Waals surface area contributed by atoms with Crippen molar-refractivity contribution >= 4 is 41.0 Å². The smallest absolute Gasteiger partial charge is 0.423 e. The second kappa shape index (κ2) is 5.46. The lowest BCUT2D eigenvalue weighted by molar-refractivity contribution is 0.426. The molecule has 23 heavy (non-hydrogen) atoms. The molecule has 0 fully saturated rings. The molecule has 3 N–H and O–H groups in total. The van der Waals surface area contributed by atoms with E-state index in [9.17, 15) is 10.0 Å². The zero-order chi connectivity index (χ0) is 15.8. The van der Waals surface area contributed by atoms with Crippen molar-refractivity contribution in [2.75, 3.05) is 10.2 Å².